The van der Waals surface area contributed by atoms with Gasteiger partial charge in [0, 0.05) is 5.56 Å². The van der Waals surface area contributed by atoms with E-state index < -0.39 is 5.91 Å². The number of amides is 1. The highest BCUT2D eigenvalue weighted by molar-refractivity contribution is 6.10. The van der Waals surface area contributed by atoms with Gasteiger partial charge in [-0.1, -0.05) is 30.3 Å². The van der Waals surface area contributed by atoms with Crippen molar-refractivity contribution in [3.05, 3.63) is 58.9 Å². The molecule has 0 saturated carbocycles. The lowest BCUT2D eigenvalue weighted by molar-refractivity contribution is 0.100. The Labute approximate surface area is 128 Å². The number of phenols is 1. The third kappa shape index (κ3) is 2.81. The average molecular weight is 293 g/mol. The molecule has 5 nitrogen and oxygen atoms in total. The van der Waals surface area contributed by atoms with Crippen LogP contribution in [0.3, 0.4) is 0 Å². The number of aromatic hydroxyl groups is 1. The molecular weight excluding hydrogens is 278 g/mol. The molecule has 2 rings (SSSR count). The molecule has 0 atom stereocenters. The normalized spacial score (nSPS) is 11.0. The summed E-state index contributed by atoms with van der Waals surface area (Å²) in [6.45, 7) is 10.7. The molecule has 22 heavy (non-hydrogen) atoms. The molecule has 0 heterocycles. The number of aryl methyl sites for hydroxylation is 1. The summed E-state index contributed by atoms with van der Waals surface area (Å²) in [5.41, 5.74) is 7.70. The molecule has 0 aliphatic carbocycles. The van der Waals surface area contributed by atoms with Gasteiger partial charge in [-0.05, 0) is 31.0 Å². The Hall–Kier alpha value is -3.13. The third-order valence-corrected chi connectivity index (χ3v) is 3.19. The lowest BCUT2D eigenvalue weighted by Crippen LogP contribution is -2.10. The van der Waals surface area contributed by atoms with E-state index in [1.54, 1.807) is 6.07 Å². The fraction of sp³-hybridized carbons (Fsp3) is 0.118. The molecule has 0 saturated heterocycles. The van der Waals surface area contributed by atoms with Crippen LogP contribution in [0.1, 0.15) is 22.8 Å². The van der Waals surface area contributed by atoms with Crippen LogP contribution in [0.25, 0.3) is 16.0 Å². The average Bonchev–Trinajstić information content (AvgIpc) is 2.46. The molecule has 0 bridgehead atoms. The van der Waals surface area contributed by atoms with Gasteiger partial charge in [-0.25, -0.2) is 4.85 Å². The van der Waals surface area contributed by atoms with Crippen LogP contribution >= 0.6 is 0 Å². The van der Waals surface area contributed by atoms with Crippen molar-refractivity contribution < 1.29 is 9.90 Å². The first-order valence-corrected chi connectivity index (χ1v) is 6.60. The number of rotatable bonds is 2. The van der Waals surface area contributed by atoms with E-state index in [0.29, 0.717) is 11.1 Å². The minimum Gasteiger partial charge on any atom is -0.507 e. The molecule has 1 amide bonds. The predicted octanol–water partition coefficient (Wildman–Crippen LogP) is 3.44. The molecule has 0 spiro atoms. The van der Waals surface area contributed by atoms with Crippen molar-refractivity contribution in [1.29, 1.82) is 0 Å². The van der Waals surface area contributed by atoms with Crippen LogP contribution in [0.15, 0.2) is 41.4 Å². The molecule has 0 unspecified atom stereocenters. The van der Waals surface area contributed by atoms with Gasteiger partial charge in [-0.3, -0.25) is 4.79 Å². The number of carbonyl (C=O) groups excluding carboxylic acids is 1. The molecule has 3 N–H and O–H groups in total. The summed E-state index contributed by atoms with van der Waals surface area (Å²) in [6.07, 6.45) is 0. The van der Waals surface area contributed by atoms with Gasteiger partial charge in [0.05, 0.1) is 12.1 Å². The summed E-state index contributed by atoms with van der Waals surface area (Å²) < 4.78 is 0. The smallest absolute Gasteiger partial charge is 0.281 e. The third-order valence-electron chi connectivity index (χ3n) is 3.19. The first-order valence-electron chi connectivity index (χ1n) is 6.60. The van der Waals surface area contributed by atoms with Gasteiger partial charge < -0.3 is 10.8 Å². The van der Waals surface area contributed by atoms with Crippen molar-refractivity contribution in [2.75, 3.05) is 0 Å². The number of benzene rings is 2. The number of amidine groups is 1. The largest absolute Gasteiger partial charge is 0.507 e. The monoisotopic (exact) mass is 293 g/mol. The Balaban J connectivity index is 2.85. The highest BCUT2D eigenvalue weighted by Crippen LogP contribution is 2.40. The van der Waals surface area contributed by atoms with E-state index in [1.807, 2.05) is 25.1 Å². The molecule has 0 radical (unpaired) electrons. The minimum atomic E-state index is -0.666. The lowest BCUT2D eigenvalue weighted by atomic mass is 9.93. The van der Waals surface area contributed by atoms with Gasteiger partial charge in [0.1, 0.15) is 11.6 Å². The van der Waals surface area contributed by atoms with Crippen molar-refractivity contribution in [2.45, 2.75) is 13.8 Å². The Bertz CT molecular complexity index is 813. The standard InChI is InChI=1S/C17H15N3O2/c1-10-6-4-5-7-12(10)15-13(19-3)8-9-14(21)16(15)17(22)20-11(2)18/h4-9,21H,1-2H3,(H2,18,20,22). The maximum absolute atomic E-state index is 12.3. The van der Waals surface area contributed by atoms with Crippen molar-refractivity contribution in [3.63, 3.8) is 0 Å². The van der Waals surface area contributed by atoms with Crippen LogP contribution in [-0.4, -0.2) is 16.8 Å². The minimum absolute atomic E-state index is 0.00685. The van der Waals surface area contributed by atoms with Crippen LogP contribution < -0.4 is 5.73 Å². The van der Waals surface area contributed by atoms with Crippen LogP contribution in [0.4, 0.5) is 5.69 Å². The number of nitrogens with zero attached hydrogens (tertiary/aromatic N) is 2. The van der Waals surface area contributed by atoms with Gasteiger partial charge in [0.15, 0.2) is 5.69 Å². The van der Waals surface area contributed by atoms with Gasteiger partial charge in [0.25, 0.3) is 5.91 Å². The molecular formula is C17H15N3O2. The summed E-state index contributed by atoms with van der Waals surface area (Å²) in [4.78, 5) is 19.5. The Morgan fingerprint density at radius 2 is 1.95 bits per heavy atom. The summed E-state index contributed by atoms with van der Waals surface area (Å²) >= 11 is 0. The predicted molar refractivity (Wildman–Crippen MR) is 86.2 cm³/mol. The maximum Gasteiger partial charge on any atom is 0.281 e. The zero-order valence-electron chi connectivity index (χ0n) is 12.3. The van der Waals surface area contributed by atoms with E-state index in [0.717, 1.165) is 5.56 Å². The zero-order chi connectivity index (χ0) is 16.3. The van der Waals surface area contributed by atoms with Crippen LogP contribution in [-0.2, 0) is 0 Å². The van der Waals surface area contributed by atoms with E-state index in [9.17, 15) is 9.90 Å². The molecule has 0 aliphatic heterocycles. The highest BCUT2D eigenvalue weighted by atomic mass is 16.3. The molecule has 2 aromatic carbocycles. The maximum atomic E-state index is 12.3. The SMILES string of the molecule is [C-]#[N+]c1ccc(O)c(C(=O)N=C(C)N)c1-c1ccccc1C. The van der Waals surface area contributed by atoms with E-state index in [4.69, 9.17) is 12.3 Å². The summed E-state index contributed by atoms with van der Waals surface area (Å²) in [5.74, 6) is -0.796. The molecule has 0 fully saturated rings. The molecule has 110 valence electrons. The topological polar surface area (TPSA) is 80.0 Å². The first-order chi connectivity index (χ1) is 10.5. The second-order valence-electron chi connectivity index (χ2n) is 4.84. The highest BCUT2D eigenvalue weighted by Gasteiger charge is 2.21. The summed E-state index contributed by atoms with van der Waals surface area (Å²) in [7, 11) is 0. The Morgan fingerprint density at radius 3 is 2.55 bits per heavy atom. The fourth-order valence-corrected chi connectivity index (χ4v) is 2.23. The van der Waals surface area contributed by atoms with Crippen molar-refractivity contribution in [2.24, 2.45) is 10.7 Å². The summed E-state index contributed by atoms with van der Waals surface area (Å²) in [6, 6.07) is 10.2. The number of hydrogen-bond donors (Lipinski definition) is 2. The van der Waals surface area contributed by atoms with Crippen molar-refractivity contribution in [3.8, 4) is 16.9 Å². The van der Waals surface area contributed by atoms with E-state index in [2.05, 4.69) is 9.84 Å². The Morgan fingerprint density at radius 1 is 1.27 bits per heavy atom. The van der Waals surface area contributed by atoms with Gasteiger partial charge in [0.2, 0.25) is 0 Å². The second kappa shape index (κ2) is 6.10. The number of carbonyl (C=O) groups is 1. The van der Waals surface area contributed by atoms with Crippen molar-refractivity contribution in [1.82, 2.24) is 0 Å². The van der Waals surface area contributed by atoms with Crippen LogP contribution in [0.2, 0.25) is 0 Å². The number of hydrogen-bond acceptors (Lipinski definition) is 2. The quantitative estimate of drug-likeness (QED) is 0.505. The Kier molecular flexibility index (Phi) is 4.23. The van der Waals surface area contributed by atoms with Gasteiger partial charge in [-0.2, -0.15) is 4.99 Å². The molecule has 2 aromatic rings. The van der Waals surface area contributed by atoms with Gasteiger partial charge in [-0.15, -0.1) is 0 Å². The fourth-order valence-electron chi connectivity index (χ4n) is 2.23. The summed E-state index contributed by atoms with van der Waals surface area (Å²) in [5, 5.41) is 10.1. The zero-order valence-corrected chi connectivity index (χ0v) is 12.3. The lowest BCUT2D eigenvalue weighted by Gasteiger charge is -2.13. The molecule has 0 aliphatic rings. The van der Waals surface area contributed by atoms with Crippen LogP contribution in [0, 0.1) is 13.5 Å². The number of nitrogens with two attached hydrogens (primary N) is 1. The molecule has 0 aromatic heterocycles. The van der Waals surface area contributed by atoms with Gasteiger partial charge >= 0.3 is 0 Å². The van der Waals surface area contributed by atoms with E-state index in [-0.39, 0.29) is 22.8 Å². The number of aliphatic imine (C=N–C) groups is 1. The van der Waals surface area contributed by atoms with E-state index in [1.165, 1.54) is 19.1 Å². The van der Waals surface area contributed by atoms with Crippen LogP contribution in [0.5, 0.6) is 5.75 Å². The van der Waals surface area contributed by atoms with E-state index >= 15 is 0 Å². The second-order valence-corrected chi connectivity index (χ2v) is 4.84. The first kappa shape index (κ1) is 15.3. The van der Waals surface area contributed by atoms with Crippen molar-refractivity contribution >= 4 is 17.4 Å². The molecule has 5 heteroatoms. The number of phenolic OH excluding ortho intramolecular Hbond substituents is 1.